The quantitative estimate of drug-likeness (QED) is 0.300. The molecule has 2 fully saturated rings. The molecule has 9 nitrogen and oxygen atoms in total. The third-order valence-corrected chi connectivity index (χ3v) is 10.3. The van der Waals surface area contributed by atoms with E-state index in [-0.39, 0.29) is 55.1 Å². The smallest absolute Gasteiger partial charge is 0.444 e. The zero-order valence-electron chi connectivity index (χ0n) is 25.8. The molecule has 0 atom stereocenters. The van der Waals surface area contributed by atoms with Crippen LogP contribution >= 0.6 is 12.2 Å². The molecule has 0 aliphatic carbocycles. The van der Waals surface area contributed by atoms with Crippen LogP contribution in [0.1, 0.15) is 57.2 Å². The van der Waals surface area contributed by atoms with Gasteiger partial charge < -0.3 is 19.9 Å². The molecule has 3 aromatic rings. The van der Waals surface area contributed by atoms with Gasteiger partial charge >= 0.3 is 21.6 Å². The zero-order valence-corrected chi connectivity index (χ0v) is 27.5. The predicted molar refractivity (Wildman–Crippen MR) is 173 cm³/mol. The molecule has 2 N–H and O–H groups in total. The van der Waals surface area contributed by atoms with Gasteiger partial charge in [-0.05, 0) is 63.3 Å². The first-order chi connectivity index (χ1) is 21.4. The van der Waals surface area contributed by atoms with Crippen LogP contribution in [-0.2, 0) is 26.0 Å². The molecular formula is C32H37F3N4O5S2. The first kappa shape index (κ1) is 33.9. The van der Waals surface area contributed by atoms with Gasteiger partial charge in [0.05, 0.1) is 5.92 Å². The van der Waals surface area contributed by atoms with Crippen molar-refractivity contribution in [3.8, 4) is 11.1 Å². The number of carbonyl (C=O) groups is 2. The van der Waals surface area contributed by atoms with Gasteiger partial charge in [-0.1, -0.05) is 42.5 Å². The molecule has 46 heavy (non-hydrogen) atoms. The van der Waals surface area contributed by atoms with Crippen LogP contribution in [0.3, 0.4) is 0 Å². The van der Waals surface area contributed by atoms with Gasteiger partial charge in [-0.2, -0.15) is 17.5 Å². The fourth-order valence-electron chi connectivity index (χ4n) is 5.96. The average molecular weight is 679 g/mol. The Morgan fingerprint density at radius 3 is 2.33 bits per heavy atom. The number of sulfonamides is 1. The Balaban J connectivity index is 1.36. The van der Waals surface area contributed by atoms with E-state index in [0.717, 1.165) is 27.6 Å². The predicted octanol–water partition coefficient (Wildman–Crippen LogP) is 5.80. The van der Waals surface area contributed by atoms with Gasteiger partial charge in [-0.25, -0.2) is 13.2 Å². The molecule has 0 bridgehead atoms. The van der Waals surface area contributed by atoms with Crippen LogP contribution in [0.15, 0.2) is 48.7 Å². The van der Waals surface area contributed by atoms with Crippen molar-refractivity contribution in [1.29, 1.82) is 0 Å². The summed E-state index contributed by atoms with van der Waals surface area (Å²) in [5.74, 6) is -0.186. The molecule has 248 valence electrons. The van der Waals surface area contributed by atoms with E-state index in [1.54, 1.807) is 20.8 Å². The van der Waals surface area contributed by atoms with E-state index in [2.05, 4.69) is 0 Å². The van der Waals surface area contributed by atoms with Crippen molar-refractivity contribution in [3.63, 3.8) is 0 Å². The summed E-state index contributed by atoms with van der Waals surface area (Å²) in [6.45, 7) is 5.51. The number of likely N-dealkylation sites (tertiary alicyclic amines) is 1. The minimum Gasteiger partial charge on any atom is -0.444 e. The van der Waals surface area contributed by atoms with Gasteiger partial charge in [0, 0.05) is 66.9 Å². The van der Waals surface area contributed by atoms with Crippen molar-refractivity contribution in [3.05, 3.63) is 59.8 Å². The van der Waals surface area contributed by atoms with Gasteiger partial charge in [0.25, 0.3) is 0 Å². The molecule has 2 aliphatic rings. The van der Waals surface area contributed by atoms with Gasteiger partial charge in [0.1, 0.15) is 16.4 Å². The molecule has 0 unspecified atom stereocenters. The maximum Gasteiger partial charge on any atom is 0.511 e. The molecule has 0 saturated carbocycles. The number of benzene rings is 2. The summed E-state index contributed by atoms with van der Waals surface area (Å²) < 4.78 is 71.5. The molecule has 2 saturated heterocycles. The zero-order chi connectivity index (χ0) is 33.6. The van der Waals surface area contributed by atoms with Gasteiger partial charge in [0.15, 0.2) is 0 Å². The number of rotatable bonds is 8. The second-order valence-electron chi connectivity index (χ2n) is 12.9. The first-order valence-corrected chi connectivity index (χ1v) is 16.9. The molecule has 2 aliphatic heterocycles. The number of hydrogen-bond acceptors (Lipinski definition) is 6. The number of nitrogens with zero attached hydrogens (tertiary/aromatic N) is 3. The minimum absolute atomic E-state index is 0.0591. The number of halogens is 3. The second kappa shape index (κ2) is 12.6. The molecule has 3 heterocycles. The number of ether oxygens (including phenoxy) is 1. The number of fused-ring (bicyclic) bond motifs is 1. The maximum atomic E-state index is 13.2. The number of alkyl halides is 3. The Hall–Kier alpha value is -3.49. The van der Waals surface area contributed by atoms with Crippen molar-refractivity contribution in [2.45, 2.75) is 63.6 Å². The van der Waals surface area contributed by atoms with E-state index >= 15 is 0 Å². The summed E-state index contributed by atoms with van der Waals surface area (Å²) in [5.41, 5.74) is 4.07. The van der Waals surface area contributed by atoms with Gasteiger partial charge in [-0.15, -0.1) is 0 Å². The number of aromatic nitrogens is 1. The van der Waals surface area contributed by atoms with Crippen molar-refractivity contribution >= 4 is 50.0 Å². The number of ketones is 1. The Morgan fingerprint density at radius 1 is 1.04 bits per heavy atom. The summed E-state index contributed by atoms with van der Waals surface area (Å²) in [6, 6.07) is 13.1. The second-order valence-corrected chi connectivity index (χ2v) is 15.2. The lowest BCUT2D eigenvalue weighted by Gasteiger charge is -2.38. The van der Waals surface area contributed by atoms with E-state index < -0.39 is 27.2 Å². The van der Waals surface area contributed by atoms with Crippen LogP contribution in [0.4, 0.5) is 18.0 Å². The largest absolute Gasteiger partial charge is 0.511 e. The van der Waals surface area contributed by atoms with Gasteiger partial charge in [0.2, 0.25) is 0 Å². The third-order valence-electron chi connectivity index (χ3n) is 8.45. The summed E-state index contributed by atoms with van der Waals surface area (Å²) in [5, 5.41) is 0.896. The minimum atomic E-state index is -5.40. The Morgan fingerprint density at radius 2 is 1.72 bits per heavy atom. The molecule has 0 radical (unpaired) electrons. The van der Waals surface area contributed by atoms with Crippen molar-refractivity contribution < 1.29 is 35.9 Å². The summed E-state index contributed by atoms with van der Waals surface area (Å²) in [6.07, 6.45) is 2.66. The lowest BCUT2D eigenvalue weighted by Crippen LogP contribution is -2.54. The number of aryl methyl sites for hydroxylation is 1. The number of piperidine rings is 1. The number of thiocarbonyl (C=S) groups is 1. The Labute approximate surface area is 271 Å². The van der Waals surface area contributed by atoms with Crippen LogP contribution in [0.25, 0.3) is 22.0 Å². The summed E-state index contributed by atoms with van der Waals surface area (Å²) in [7, 11) is -5.40. The molecular weight excluding hydrogens is 642 g/mol. The van der Waals surface area contributed by atoms with Crippen LogP contribution in [0, 0.1) is 5.92 Å². The van der Waals surface area contributed by atoms with Crippen molar-refractivity contribution in [2.75, 3.05) is 26.2 Å². The highest BCUT2D eigenvalue weighted by molar-refractivity contribution is 7.90. The molecule has 14 heteroatoms. The standard InChI is InChI=1S/C32H37F3N4O5S2/c1-31(2,3)44-30(41)37-17-23(18-37)28(40)10-8-20-7-9-25-26(21-5-4-6-22(16-21)29(36)45)19-39(27(25)15-20)24-11-13-38(14-12-24)46(42,43)32(33,34)35/h4-7,9,15-16,19,23-24H,8,10-14,17-18H2,1-3H3,(H2,36,45). The van der Waals surface area contributed by atoms with E-state index in [1.165, 1.54) is 4.90 Å². The number of Topliss-reactive ketones (excluding diaryl/α,β-unsaturated/α-hetero) is 1. The molecule has 1 amide bonds. The summed E-state index contributed by atoms with van der Waals surface area (Å²) >= 11 is 5.17. The highest BCUT2D eigenvalue weighted by atomic mass is 32.2. The van der Waals surface area contributed by atoms with Crippen LogP contribution in [-0.4, -0.2) is 76.3 Å². The number of hydrogen-bond donors (Lipinski definition) is 1. The van der Waals surface area contributed by atoms with Gasteiger partial charge in [-0.3, -0.25) is 4.79 Å². The monoisotopic (exact) mass is 678 g/mol. The molecule has 0 spiro atoms. The molecule has 2 aromatic carbocycles. The van der Waals surface area contributed by atoms with E-state index in [9.17, 15) is 31.2 Å². The van der Waals surface area contributed by atoms with E-state index in [0.29, 0.717) is 29.4 Å². The Kier molecular flexibility index (Phi) is 9.28. The highest BCUT2D eigenvalue weighted by Crippen LogP contribution is 2.38. The SMILES string of the molecule is CC(C)(C)OC(=O)N1CC(C(=O)CCc2ccc3c(-c4cccc(C(N)=S)c4)cn(C4CCN(S(=O)(=O)C(F)(F)F)CC4)c3c2)C1. The van der Waals surface area contributed by atoms with Crippen LogP contribution in [0.5, 0.6) is 0 Å². The van der Waals surface area contributed by atoms with Crippen molar-refractivity contribution in [2.24, 2.45) is 11.7 Å². The van der Waals surface area contributed by atoms with E-state index in [1.807, 2.05) is 53.2 Å². The van der Waals surface area contributed by atoms with Crippen LogP contribution < -0.4 is 5.73 Å². The number of carbonyl (C=O) groups excluding carboxylic acids is 2. The lowest BCUT2D eigenvalue weighted by atomic mass is 9.91. The normalized spacial score (nSPS) is 17.2. The first-order valence-electron chi connectivity index (χ1n) is 15.1. The lowest BCUT2D eigenvalue weighted by molar-refractivity contribution is -0.127. The fraction of sp³-hybridized carbons (Fsp3) is 0.469. The third kappa shape index (κ3) is 7.08. The molecule has 5 rings (SSSR count). The van der Waals surface area contributed by atoms with Crippen molar-refractivity contribution in [1.82, 2.24) is 13.8 Å². The summed E-state index contributed by atoms with van der Waals surface area (Å²) in [4.78, 5) is 27.0. The fourth-order valence-corrected chi connectivity index (χ4v) is 7.07. The topological polar surface area (TPSA) is 115 Å². The van der Waals surface area contributed by atoms with Crippen LogP contribution in [0.2, 0.25) is 0 Å². The highest BCUT2D eigenvalue weighted by Gasteiger charge is 2.50. The molecule has 1 aromatic heterocycles. The maximum absolute atomic E-state index is 13.2. The number of nitrogens with two attached hydrogens (primary N) is 1. The average Bonchev–Trinajstić information content (AvgIpc) is 3.33. The number of amides is 1. The Bertz CT molecular complexity index is 1770. The van der Waals surface area contributed by atoms with E-state index in [4.69, 9.17) is 22.7 Å².